The molecule has 0 fully saturated rings. The van der Waals surface area contributed by atoms with Crippen LogP contribution in [0.15, 0.2) is 127 Å². The van der Waals surface area contributed by atoms with Crippen molar-refractivity contribution >= 4 is 32.7 Å². The van der Waals surface area contributed by atoms with Gasteiger partial charge in [0, 0.05) is 0 Å². The van der Waals surface area contributed by atoms with Gasteiger partial charge in [0.25, 0.3) is 0 Å². The normalized spacial score (nSPS) is 11.2. The van der Waals surface area contributed by atoms with Gasteiger partial charge in [0.1, 0.15) is 0 Å². The third-order valence-electron chi connectivity index (χ3n) is 5.08. The molecule has 0 aliphatic heterocycles. The fourth-order valence-corrected chi connectivity index (χ4v) is 12.1. The summed E-state index contributed by atoms with van der Waals surface area (Å²) in [6.45, 7) is 0. The average Bonchev–Trinajstić information content (AvgIpc) is 2.79. The molecule has 29 heavy (non-hydrogen) atoms. The van der Waals surface area contributed by atoms with Crippen LogP contribution in [0.2, 0.25) is 5.21 Å². The molecule has 0 saturated carbocycles. The van der Waals surface area contributed by atoms with Crippen LogP contribution >= 0.6 is 0 Å². The van der Waals surface area contributed by atoms with Gasteiger partial charge in [-0.25, -0.2) is 0 Å². The molecule has 0 aromatic heterocycles. The monoisotopic (exact) mass is 502 g/mol. The van der Waals surface area contributed by atoms with Gasteiger partial charge in [-0.1, -0.05) is 0 Å². The Balaban J connectivity index is 0.00000240. The van der Waals surface area contributed by atoms with E-state index in [0.717, 1.165) is 5.21 Å². The van der Waals surface area contributed by atoms with Crippen LogP contribution in [0.4, 0.5) is 0 Å². The zero-order valence-electron chi connectivity index (χ0n) is 16.2. The van der Waals surface area contributed by atoms with Gasteiger partial charge in [-0.15, -0.1) is 0 Å². The summed E-state index contributed by atoms with van der Waals surface area (Å²) < 4.78 is 4.45. The minimum Gasteiger partial charge on any atom is -1.00 e. The second-order valence-electron chi connectivity index (χ2n) is 6.81. The van der Waals surface area contributed by atoms with Crippen molar-refractivity contribution in [2.75, 3.05) is 0 Å². The topological polar surface area (TPSA) is 0 Å². The van der Waals surface area contributed by atoms with E-state index >= 15 is 0 Å². The molecule has 0 N–H and O–H groups in total. The molecule has 4 aromatic rings. The van der Waals surface area contributed by atoms with E-state index in [0.29, 0.717) is 0 Å². The van der Waals surface area contributed by atoms with Crippen molar-refractivity contribution in [3.63, 3.8) is 0 Å². The van der Waals surface area contributed by atoms with Gasteiger partial charge in [0.05, 0.1) is 0 Å². The zero-order chi connectivity index (χ0) is 19.1. The smallest absolute Gasteiger partial charge is 1.00 e. The Bertz CT molecular complexity index is 916. The molecular weight excluding hydrogens is 479 g/mol. The summed E-state index contributed by atoms with van der Waals surface area (Å²) in [6.07, 6.45) is 4.65. The summed E-state index contributed by atoms with van der Waals surface area (Å²) in [4.78, 5) is 0. The van der Waals surface area contributed by atoms with E-state index in [9.17, 15) is 0 Å². The first-order valence-electron chi connectivity index (χ1n) is 9.66. The maximum absolute atomic E-state index is 2.62. The van der Waals surface area contributed by atoms with E-state index in [-0.39, 0.29) is 17.0 Å². The van der Waals surface area contributed by atoms with Crippen molar-refractivity contribution in [1.29, 1.82) is 0 Å². The summed E-state index contributed by atoms with van der Waals surface area (Å²) >= 11 is -2.62. The maximum atomic E-state index is 2.38. The second-order valence-corrected chi connectivity index (χ2v) is 14.2. The van der Waals surface area contributed by atoms with Gasteiger partial charge < -0.3 is 17.0 Å². The third-order valence-corrected chi connectivity index (χ3v) is 14.1. The first-order valence-corrected chi connectivity index (χ1v) is 13.8. The largest absolute Gasteiger partial charge is 1.00 e. The molecule has 0 nitrogen and oxygen atoms in total. The summed E-state index contributed by atoms with van der Waals surface area (Å²) in [5, 5.41) is 1.06. The summed E-state index contributed by atoms with van der Waals surface area (Å²) in [7, 11) is 0. The van der Waals surface area contributed by atoms with Gasteiger partial charge in [0.15, 0.2) is 0 Å². The molecule has 0 atom stereocenters. The van der Waals surface area contributed by atoms with Crippen molar-refractivity contribution in [2.45, 2.75) is 5.21 Å². The molecule has 0 aliphatic rings. The number of hydrogen-bond acceptors (Lipinski definition) is 0. The molecule has 0 saturated heterocycles. The van der Waals surface area contributed by atoms with Crippen molar-refractivity contribution < 1.29 is 17.0 Å². The van der Waals surface area contributed by atoms with Gasteiger partial charge >= 0.3 is 171 Å². The van der Waals surface area contributed by atoms with E-state index in [2.05, 4.69) is 133 Å². The van der Waals surface area contributed by atoms with Crippen LogP contribution < -0.4 is 30.0 Å². The molecule has 0 bridgehead atoms. The molecular formula is C27H24AsBr. The maximum Gasteiger partial charge on any atom is -1.00 e. The Morgan fingerprint density at radius 2 is 0.828 bits per heavy atom. The molecule has 0 heterocycles. The molecule has 0 aliphatic carbocycles. The van der Waals surface area contributed by atoms with Crippen LogP contribution in [-0.4, -0.2) is 13.6 Å². The van der Waals surface area contributed by atoms with Crippen LogP contribution in [0.5, 0.6) is 0 Å². The Kier molecular flexibility index (Phi) is 7.69. The summed E-state index contributed by atoms with van der Waals surface area (Å²) in [5.41, 5.74) is 1.25. The van der Waals surface area contributed by atoms with E-state index in [1.54, 1.807) is 0 Å². The number of rotatable bonds is 6. The second kappa shape index (κ2) is 10.4. The predicted octanol–water partition coefficient (Wildman–Crippen LogP) is 1.87. The van der Waals surface area contributed by atoms with Crippen molar-refractivity contribution in [2.24, 2.45) is 0 Å². The summed E-state index contributed by atoms with van der Waals surface area (Å²) in [6, 6.07) is 43.9. The Hall–Kier alpha value is -2.34. The number of allylic oxidation sites excluding steroid dienone is 1. The molecule has 4 rings (SSSR count). The number of benzene rings is 4. The van der Waals surface area contributed by atoms with Gasteiger partial charge in [-0.05, 0) is 0 Å². The van der Waals surface area contributed by atoms with Crippen molar-refractivity contribution in [3.8, 4) is 0 Å². The minimum atomic E-state index is -2.62. The van der Waals surface area contributed by atoms with Crippen LogP contribution in [0.25, 0.3) is 6.08 Å². The fraction of sp³-hybridized carbons (Fsp3) is 0.0370. The SMILES string of the molecule is C(=Cc1ccccc1)C[As+](c1ccccc1)(c1ccccc1)c1ccccc1.[Br-]. The first-order chi connectivity index (χ1) is 13.9. The van der Waals surface area contributed by atoms with Gasteiger partial charge in [-0.2, -0.15) is 0 Å². The average molecular weight is 503 g/mol. The number of hydrogen-bond donors (Lipinski definition) is 0. The van der Waals surface area contributed by atoms with Crippen LogP contribution in [0, 0.1) is 0 Å². The summed E-state index contributed by atoms with van der Waals surface area (Å²) in [5.74, 6) is 0. The Labute approximate surface area is 187 Å². The molecule has 0 spiro atoms. The first kappa shape index (κ1) is 21.4. The Morgan fingerprint density at radius 1 is 0.483 bits per heavy atom. The third kappa shape index (κ3) is 4.81. The van der Waals surface area contributed by atoms with E-state index < -0.39 is 13.6 Å². The van der Waals surface area contributed by atoms with Crippen molar-refractivity contribution in [1.82, 2.24) is 0 Å². The van der Waals surface area contributed by atoms with Gasteiger partial charge in [0.2, 0.25) is 0 Å². The predicted molar refractivity (Wildman–Crippen MR) is 124 cm³/mol. The van der Waals surface area contributed by atoms with E-state index in [1.165, 1.54) is 18.6 Å². The van der Waals surface area contributed by atoms with E-state index in [4.69, 9.17) is 0 Å². The fourth-order valence-electron chi connectivity index (χ4n) is 3.72. The molecule has 0 unspecified atom stereocenters. The zero-order valence-corrected chi connectivity index (χ0v) is 19.7. The Morgan fingerprint density at radius 3 is 1.21 bits per heavy atom. The molecule has 144 valence electrons. The standard InChI is InChI=1S/C27H24As.BrH/c1-5-14-24(15-6-1)16-13-23-28(25-17-7-2-8-18-25,26-19-9-3-10-20-26)27-21-11-4-12-22-27;/h1-22H,23H2;1H/q+1;/p-1. The molecule has 0 amide bonds. The molecule has 2 heteroatoms. The quantitative estimate of drug-likeness (QED) is 0.353. The molecule has 0 radical (unpaired) electrons. The van der Waals surface area contributed by atoms with Crippen LogP contribution in [0.1, 0.15) is 5.56 Å². The molecule has 4 aromatic carbocycles. The van der Waals surface area contributed by atoms with Crippen LogP contribution in [-0.2, 0) is 0 Å². The van der Waals surface area contributed by atoms with Crippen molar-refractivity contribution in [3.05, 3.63) is 133 Å². The number of halogens is 1. The minimum absolute atomic E-state index is 0. The van der Waals surface area contributed by atoms with Gasteiger partial charge in [-0.3, -0.25) is 0 Å². The van der Waals surface area contributed by atoms with E-state index in [1.807, 2.05) is 0 Å². The van der Waals surface area contributed by atoms with Crippen LogP contribution in [0.3, 0.4) is 0 Å².